The molecule has 0 radical (unpaired) electrons. The predicted octanol–water partition coefficient (Wildman–Crippen LogP) is 2.73. The summed E-state index contributed by atoms with van der Waals surface area (Å²) in [4.78, 5) is 26.4. The van der Waals surface area contributed by atoms with Crippen LogP contribution >= 0.6 is 12.6 Å². The van der Waals surface area contributed by atoms with Crippen LogP contribution in [0.25, 0.3) is 0 Å². The number of benzene rings is 2. The van der Waals surface area contributed by atoms with Gasteiger partial charge >= 0.3 is 5.97 Å². The van der Waals surface area contributed by atoms with E-state index in [4.69, 9.17) is 4.74 Å². The van der Waals surface area contributed by atoms with E-state index in [-0.39, 0.29) is 18.1 Å². The van der Waals surface area contributed by atoms with Gasteiger partial charge < -0.3 is 9.64 Å². The maximum Gasteiger partial charge on any atom is 0.329 e. The van der Waals surface area contributed by atoms with Crippen LogP contribution in [0.3, 0.4) is 0 Å². The molecular formula is C19H21NO3S. The first-order chi connectivity index (χ1) is 11.7. The summed E-state index contributed by atoms with van der Waals surface area (Å²) in [6, 6.07) is 18.3. The van der Waals surface area contributed by atoms with Crippen molar-refractivity contribution in [3.8, 4) is 0 Å². The highest BCUT2D eigenvalue weighted by atomic mass is 32.1. The lowest BCUT2D eigenvalue weighted by molar-refractivity contribution is -0.152. The SMILES string of the molecule is COC(=O)[C@@H](CS)N(Cc1ccccc1)C(=O)Cc1ccccc1. The lowest BCUT2D eigenvalue weighted by Gasteiger charge is -2.29. The Morgan fingerprint density at radius 3 is 2.04 bits per heavy atom. The van der Waals surface area contributed by atoms with Gasteiger partial charge in [0.05, 0.1) is 13.5 Å². The van der Waals surface area contributed by atoms with Gasteiger partial charge in [0, 0.05) is 12.3 Å². The fourth-order valence-electron chi connectivity index (χ4n) is 2.46. The van der Waals surface area contributed by atoms with E-state index in [0.29, 0.717) is 6.54 Å². The molecule has 0 aliphatic carbocycles. The van der Waals surface area contributed by atoms with Gasteiger partial charge in [0.2, 0.25) is 5.91 Å². The van der Waals surface area contributed by atoms with E-state index in [1.165, 1.54) is 7.11 Å². The largest absolute Gasteiger partial charge is 0.467 e. The molecule has 5 heteroatoms. The molecule has 2 aromatic carbocycles. The number of amides is 1. The van der Waals surface area contributed by atoms with Crippen molar-refractivity contribution < 1.29 is 14.3 Å². The van der Waals surface area contributed by atoms with Crippen molar-refractivity contribution in [1.82, 2.24) is 4.90 Å². The number of carbonyl (C=O) groups is 2. The molecule has 0 unspecified atom stereocenters. The lowest BCUT2D eigenvalue weighted by Crippen LogP contribution is -2.47. The quantitative estimate of drug-likeness (QED) is 0.621. The molecule has 1 atom stereocenters. The zero-order chi connectivity index (χ0) is 17.4. The molecule has 0 saturated heterocycles. The highest BCUT2D eigenvalue weighted by Crippen LogP contribution is 2.14. The highest BCUT2D eigenvalue weighted by molar-refractivity contribution is 7.80. The van der Waals surface area contributed by atoms with E-state index in [1.54, 1.807) is 4.90 Å². The Bertz CT molecular complexity index is 661. The average molecular weight is 343 g/mol. The van der Waals surface area contributed by atoms with Crippen LogP contribution in [0.1, 0.15) is 11.1 Å². The Labute approximate surface area is 147 Å². The van der Waals surface area contributed by atoms with E-state index in [9.17, 15) is 9.59 Å². The molecule has 1 amide bonds. The summed E-state index contributed by atoms with van der Waals surface area (Å²) < 4.78 is 4.84. The Morgan fingerprint density at radius 2 is 1.54 bits per heavy atom. The summed E-state index contributed by atoms with van der Waals surface area (Å²) in [6.07, 6.45) is 0.231. The van der Waals surface area contributed by atoms with Crippen LogP contribution in [-0.4, -0.2) is 35.7 Å². The van der Waals surface area contributed by atoms with E-state index >= 15 is 0 Å². The third-order valence-electron chi connectivity index (χ3n) is 3.74. The third-order valence-corrected chi connectivity index (χ3v) is 4.08. The minimum Gasteiger partial charge on any atom is -0.467 e. The van der Waals surface area contributed by atoms with Crippen LogP contribution in [0.2, 0.25) is 0 Å². The minimum atomic E-state index is -0.713. The summed E-state index contributed by atoms with van der Waals surface area (Å²) in [5.41, 5.74) is 1.86. The van der Waals surface area contributed by atoms with E-state index in [2.05, 4.69) is 12.6 Å². The summed E-state index contributed by atoms with van der Waals surface area (Å²) >= 11 is 4.24. The number of methoxy groups -OCH3 is 1. The van der Waals surface area contributed by atoms with Crippen LogP contribution in [0.5, 0.6) is 0 Å². The fourth-order valence-corrected chi connectivity index (χ4v) is 2.81. The van der Waals surface area contributed by atoms with E-state index in [0.717, 1.165) is 11.1 Å². The molecule has 4 nitrogen and oxygen atoms in total. The number of hydrogen-bond acceptors (Lipinski definition) is 4. The van der Waals surface area contributed by atoms with Crippen LogP contribution in [0.4, 0.5) is 0 Å². The van der Waals surface area contributed by atoms with Gasteiger partial charge in [0.15, 0.2) is 0 Å². The molecular weight excluding hydrogens is 322 g/mol. The second-order valence-corrected chi connectivity index (χ2v) is 5.76. The number of nitrogens with zero attached hydrogens (tertiary/aromatic N) is 1. The van der Waals surface area contributed by atoms with Gasteiger partial charge in [-0.1, -0.05) is 60.7 Å². The molecule has 0 N–H and O–H groups in total. The Balaban J connectivity index is 2.23. The Morgan fingerprint density at radius 1 is 1.00 bits per heavy atom. The van der Waals surface area contributed by atoms with Gasteiger partial charge in [-0.25, -0.2) is 4.79 Å². The summed E-state index contributed by atoms with van der Waals surface area (Å²) in [6.45, 7) is 0.340. The molecule has 0 aromatic heterocycles. The first-order valence-electron chi connectivity index (χ1n) is 7.71. The van der Waals surface area contributed by atoms with Crippen molar-refractivity contribution >= 4 is 24.5 Å². The van der Waals surface area contributed by atoms with Crippen molar-refractivity contribution in [3.05, 3.63) is 71.8 Å². The zero-order valence-electron chi connectivity index (χ0n) is 13.6. The molecule has 0 fully saturated rings. The monoisotopic (exact) mass is 343 g/mol. The number of hydrogen-bond donors (Lipinski definition) is 1. The molecule has 0 saturated carbocycles. The second kappa shape index (κ2) is 9.13. The molecule has 2 aromatic rings. The number of ether oxygens (including phenoxy) is 1. The minimum absolute atomic E-state index is 0.130. The van der Waals surface area contributed by atoms with Crippen molar-refractivity contribution in [3.63, 3.8) is 0 Å². The van der Waals surface area contributed by atoms with Crippen LogP contribution in [-0.2, 0) is 27.3 Å². The third kappa shape index (κ3) is 4.86. The second-order valence-electron chi connectivity index (χ2n) is 5.39. The van der Waals surface area contributed by atoms with Gasteiger partial charge in [0.1, 0.15) is 6.04 Å². The zero-order valence-corrected chi connectivity index (χ0v) is 14.5. The van der Waals surface area contributed by atoms with Crippen LogP contribution in [0.15, 0.2) is 60.7 Å². The van der Waals surface area contributed by atoms with E-state index in [1.807, 2.05) is 60.7 Å². The van der Waals surface area contributed by atoms with Gasteiger partial charge in [-0.3, -0.25) is 4.79 Å². The van der Waals surface area contributed by atoms with Crippen LogP contribution < -0.4 is 0 Å². The van der Waals surface area contributed by atoms with Gasteiger partial charge in [-0.2, -0.15) is 12.6 Å². The normalized spacial score (nSPS) is 11.6. The summed E-state index contributed by atoms with van der Waals surface area (Å²) in [5.74, 6) is -0.378. The topological polar surface area (TPSA) is 46.6 Å². The number of carbonyl (C=O) groups excluding carboxylic acids is 2. The molecule has 2 rings (SSSR count). The number of esters is 1. The van der Waals surface area contributed by atoms with Gasteiger partial charge in [-0.15, -0.1) is 0 Å². The van der Waals surface area contributed by atoms with Crippen molar-refractivity contribution in [2.24, 2.45) is 0 Å². The Kier molecular flexibility index (Phi) is 6.88. The molecule has 24 heavy (non-hydrogen) atoms. The molecule has 0 spiro atoms. The average Bonchev–Trinajstić information content (AvgIpc) is 2.63. The van der Waals surface area contributed by atoms with Crippen molar-refractivity contribution in [2.45, 2.75) is 19.0 Å². The molecule has 0 aliphatic heterocycles. The maximum absolute atomic E-state index is 12.8. The first kappa shape index (κ1) is 18.1. The number of rotatable bonds is 7. The molecule has 0 aliphatic rings. The maximum atomic E-state index is 12.8. The predicted molar refractivity (Wildman–Crippen MR) is 96.8 cm³/mol. The highest BCUT2D eigenvalue weighted by Gasteiger charge is 2.29. The first-order valence-corrected chi connectivity index (χ1v) is 8.35. The standard InChI is InChI=1S/C19H21NO3S/c1-23-19(22)17(14-24)20(13-16-10-6-3-7-11-16)18(21)12-15-8-4-2-5-9-15/h2-11,17,24H,12-14H2,1H3/t17-/m1/s1. The lowest BCUT2D eigenvalue weighted by atomic mass is 10.1. The Hall–Kier alpha value is -2.27. The van der Waals surface area contributed by atoms with E-state index < -0.39 is 12.0 Å². The summed E-state index contributed by atoms with van der Waals surface area (Å²) in [5, 5.41) is 0. The molecule has 126 valence electrons. The molecule has 0 bridgehead atoms. The van der Waals surface area contributed by atoms with Gasteiger partial charge in [-0.05, 0) is 11.1 Å². The van der Waals surface area contributed by atoms with Crippen LogP contribution in [0, 0.1) is 0 Å². The molecule has 0 heterocycles. The smallest absolute Gasteiger partial charge is 0.329 e. The van der Waals surface area contributed by atoms with Crippen molar-refractivity contribution in [1.29, 1.82) is 0 Å². The summed E-state index contributed by atoms with van der Waals surface area (Å²) in [7, 11) is 1.32. The fraction of sp³-hybridized carbons (Fsp3) is 0.263. The number of thiol groups is 1. The van der Waals surface area contributed by atoms with Gasteiger partial charge in [0.25, 0.3) is 0 Å². The van der Waals surface area contributed by atoms with Crippen molar-refractivity contribution in [2.75, 3.05) is 12.9 Å².